The molecule has 0 radical (unpaired) electrons. The summed E-state index contributed by atoms with van der Waals surface area (Å²) in [5.41, 5.74) is 0.931. The number of carboxylic acids is 1. The Morgan fingerprint density at radius 1 is 1.00 bits per heavy atom. The van der Waals surface area contributed by atoms with Gasteiger partial charge in [0.25, 0.3) is 0 Å². The number of aromatic carboxylic acids is 1. The number of carboxylic acid groups (broad SMARTS) is 1. The topological polar surface area (TPSA) is 54.4 Å². The van der Waals surface area contributed by atoms with Gasteiger partial charge in [-0.05, 0) is 23.8 Å². The highest BCUT2D eigenvalue weighted by Gasteiger charge is 2.10. The van der Waals surface area contributed by atoms with Gasteiger partial charge in [-0.15, -0.1) is 11.3 Å². The molecule has 1 aromatic heterocycles. The Morgan fingerprint density at radius 3 is 2.28 bits per heavy atom. The number of ketones is 1. The lowest BCUT2D eigenvalue weighted by Crippen LogP contribution is -1.91. The number of hydrogen-bond donors (Lipinski definition) is 1. The van der Waals surface area contributed by atoms with Gasteiger partial charge in [-0.1, -0.05) is 36.4 Å². The molecule has 0 aliphatic carbocycles. The predicted octanol–water partition coefficient (Wildman–Crippen LogP) is 3.34. The fraction of sp³-hybridized carbons (Fsp3) is 0. The molecule has 0 aliphatic rings. The molecule has 18 heavy (non-hydrogen) atoms. The second kappa shape index (κ2) is 5.42. The first-order valence-electron chi connectivity index (χ1n) is 5.27. The summed E-state index contributed by atoms with van der Waals surface area (Å²) in [6, 6.07) is 12.4. The van der Waals surface area contributed by atoms with Gasteiger partial charge in [-0.3, -0.25) is 4.79 Å². The van der Waals surface area contributed by atoms with Crippen LogP contribution in [-0.2, 0) is 0 Å². The molecule has 0 atom stereocenters. The van der Waals surface area contributed by atoms with Crippen LogP contribution in [0.3, 0.4) is 0 Å². The molecule has 0 amide bonds. The standard InChI is InChI=1S/C14H10O3S/c15-11(7-6-10-4-2-1-3-5-10)12-8-9-13(18-12)14(16)17/h1-9H,(H,16,17)/b7-6+. The minimum Gasteiger partial charge on any atom is -0.477 e. The lowest BCUT2D eigenvalue weighted by Gasteiger charge is -1.91. The Hall–Kier alpha value is -2.20. The number of benzene rings is 1. The van der Waals surface area contributed by atoms with Crippen molar-refractivity contribution in [1.29, 1.82) is 0 Å². The zero-order chi connectivity index (χ0) is 13.0. The third-order valence-electron chi connectivity index (χ3n) is 2.29. The van der Waals surface area contributed by atoms with Crippen molar-refractivity contribution < 1.29 is 14.7 Å². The number of rotatable bonds is 4. The number of thiophene rings is 1. The summed E-state index contributed by atoms with van der Waals surface area (Å²) in [6.45, 7) is 0. The molecule has 4 heteroatoms. The van der Waals surface area contributed by atoms with Gasteiger partial charge >= 0.3 is 5.97 Å². The molecule has 0 saturated heterocycles. The monoisotopic (exact) mass is 258 g/mol. The molecule has 0 unspecified atom stereocenters. The van der Waals surface area contributed by atoms with Crippen molar-refractivity contribution >= 4 is 29.2 Å². The van der Waals surface area contributed by atoms with Gasteiger partial charge in [0, 0.05) is 0 Å². The Morgan fingerprint density at radius 2 is 1.67 bits per heavy atom. The van der Waals surface area contributed by atoms with Crippen molar-refractivity contribution in [1.82, 2.24) is 0 Å². The van der Waals surface area contributed by atoms with Crippen LogP contribution in [0.5, 0.6) is 0 Å². The van der Waals surface area contributed by atoms with E-state index in [9.17, 15) is 9.59 Å². The van der Waals surface area contributed by atoms with Crippen LogP contribution in [-0.4, -0.2) is 16.9 Å². The molecule has 3 nitrogen and oxygen atoms in total. The molecule has 2 aromatic rings. The fourth-order valence-electron chi connectivity index (χ4n) is 1.40. The van der Waals surface area contributed by atoms with Crippen LogP contribution in [0.1, 0.15) is 24.9 Å². The average molecular weight is 258 g/mol. The molecule has 0 spiro atoms. The first-order chi connectivity index (χ1) is 8.66. The third-order valence-corrected chi connectivity index (χ3v) is 3.37. The Kier molecular flexibility index (Phi) is 3.69. The highest BCUT2D eigenvalue weighted by Crippen LogP contribution is 2.17. The Balaban J connectivity index is 2.12. The van der Waals surface area contributed by atoms with E-state index in [-0.39, 0.29) is 10.7 Å². The van der Waals surface area contributed by atoms with Crippen LogP contribution in [0.4, 0.5) is 0 Å². The second-order valence-electron chi connectivity index (χ2n) is 3.58. The number of hydrogen-bond acceptors (Lipinski definition) is 3. The zero-order valence-corrected chi connectivity index (χ0v) is 10.2. The summed E-state index contributed by atoms with van der Waals surface area (Å²) in [6.07, 6.45) is 3.16. The van der Waals surface area contributed by atoms with Crippen molar-refractivity contribution in [2.75, 3.05) is 0 Å². The lowest BCUT2D eigenvalue weighted by molar-refractivity contribution is 0.0702. The molecule has 2 rings (SSSR count). The summed E-state index contributed by atoms with van der Waals surface area (Å²) in [5.74, 6) is -1.19. The summed E-state index contributed by atoms with van der Waals surface area (Å²) < 4.78 is 0. The van der Waals surface area contributed by atoms with Crippen LogP contribution < -0.4 is 0 Å². The molecule has 0 saturated carbocycles. The largest absolute Gasteiger partial charge is 0.477 e. The molecule has 0 fully saturated rings. The van der Waals surface area contributed by atoms with E-state index in [1.807, 2.05) is 30.3 Å². The van der Waals surface area contributed by atoms with Crippen molar-refractivity contribution in [3.8, 4) is 0 Å². The normalized spacial score (nSPS) is 10.7. The Bertz CT molecular complexity index is 597. The zero-order valence-electron chi connectivity index (χ0n) is 9.37. The van der Waals surface area contributed by atoms with Crippen molar-refractivity contribution in [2.45, 2.75) is 0 Å². The van der Waals surface area contributed by atoms with Crippen LogP contribution >= 0.6 is 11.3 Å². The number of allylic oxidation sites excluding steroid dienone is 1. The van der Waals surface area contributed by atoms with Gasteiger partial charge in [0.2, 0.25) is 0 Å². The molecule has 90 valence electrons. The van der Waals surface area contributed by atoms with E-state index in [4.69, 9.17) is 5.11 Å². The predicted molar refractivity (Wildman–Crippen MR) is 71.1 cm³/mol. The summed E-state index contributed by atoms with van der Waals surface area (Å²) >= 11 is 0.984. The highest BCUT2D eigenvalue weighted by molar-refractivity contribution is 7.16. The van der Waals surface area contributed by atoms with E-state index in [1.165, 1.54) is 18.2 Å². The van der Waals surface area contributed by atoms with Gasteiger partial charge in [0.05, 0.1) is 4.88 Å². The van der Waals surface area contributed by atoms with Gasteiger partial charge < -0.3 is 5.11 Å². The highest BCUT2D eigenvalue weighted by atomic mass is 32.1. The SMILES string of the molecule is O=C(O)c1ccc(C(=O)/C=C/c2ccccc2)s1. The summed E-state index contributed by atoms with van der Waals surface area (Å²) in [7, 11) is 0. The molecule has 1 aromatic carbocycles. The van der Waals surface area contributed by atoms with Crippen LogP contribution in [0, 0.1) is 0 Å². The van der Waals surface area contributed by atoms with E-state index in [1.54, 1.807) is 6.08 Å². The van der Waals surface area contributed by atoms with Crippen LogP contribution in [0.2, 0.25) is 0 Å². The summed E-state index contributed by atoms with van der Waals surface area (Å²) in [4.78, 5) is 23.1. The fourth-order valence-corrected chi connectivity index (χ4v) is 2.17. The van der Waals surface area contributed by atoms with Crippen LogP contribution in [0.25, 0.3) is 6.08 Å². The van der Waals surface area contributed by atoms with Crippen molar-refractivity contribution in [3.63, 3.8) is 0 Å². The van der Waals surface area contributed by atoms with Crippen molar-refractivity contribution in [2.24, 2.45) is 0 Å². The first kappa shape index (κ1) is 12.3. The minimum absolute atomic E-state index is 0.173. The maximum absolute atomic E-state index is 11.8. The van der Waals surface area contributed by atoms with E-state index in [2.05, 4.69) is 0 Å². The second-order valence-corrected chi connectivity index (χ2v) is 4.66. The molecule has 1 heterocycles. The molecule has 1 N–H and O–H groups in total. The van der Waals surface area contributed by atoms with Gasteiger partial charge in [-0.25, -0.2) is 4.79 Å². The van der Waals surface area contributed by atoms with E-state index in [0.29, 0.717) is 4.88 Å². The molecular formula is C14H10O3S. The molecular weight excluding hydrogens is 248 g/mol. The van der Waals surface area contributed by atoms with Gasteiger partial charge in [-0.2, -0.15) is 0 Å². The molecule has 0 bridgehead atoms. The number of carbonyl (C=O) groups excluding carboxylic acids is 1. The summed E-state index contributed by atoms with van der Waals surface area (Å²) in [5, 5.41) is 8.77. The molecule has 0 aliphatic heterocycles. The van der Waals surface area contributed by atoms with E-state index >= 15 is 0 Å². The van der Waals surface area contributed by atoms with Gasteiger partial charge in [0.1, 0.15) is 4.88 Å². The van der Waals surface area contributed by atoms with Crippen molar-refractivity contribution in [3.05, 3.63) is 63.9 Å². The van der Waals surface area contributed by atoms with E-state index < -0.39 is 5.97 Å². The minimum atomic E-state index is -1.01. The van der Waals surface area contributed by atoms with Gasteiger partial charge in [0.15, 0.2) is 5.78 Å². The Labute approximate surface area is 108 Å². The van der Waals surface area contributed by atoms with Crippen LogP contribution in [0.15, 0.2) is 48.5 Å². The average Bonchev–Trinajstić information content (AvgIpc) is 2.87. The maximum atomic E-state index is 11.8. The smallest absolute Gasteiger partial charge is 0.345 e. The third kappa shape index (κ3) is 2.93. The number of carbonyl (C=O) groups is 2. The quantitative estimate of drug-likeness (QED) is 0.676. The lowest BCUT2D eigenvalue weighted by atomic mass is 10.2. The van der Waals surface area contributed by atoms with E-state index in [0.717, 1.165) is 16.9 Å². The first-order valence-corrected chi connectivity index (χ1v) is 6.09. The maximum Gasteiger partial charge on any atom is 0.345 e.